The molecular formula is C15H14N2O6S. The molecule has 2 aromatic rings. The number of anilines is 2. The summed E-state index contributed by atoms with van der Waals surface area (Å²) in [7, 11) is -2.77. The smallest absolute Gasteiger partial charge is 0.411 e. The topological polar surface area (TPSA) is 122 Å². The zero-order valence-electron chi connectivity index (χ0n) is 12.5. The van der Waals surface area contributed by atoms with E-state index in [1.165, 1.54) is 55.6 Å². The summed E-state index contributed by atoms with van der Waals surface area (Å²) < 4.78 is 31.4. The quantitative estimate of drug-likeness (QED) is 0.761. The number of ether oxygens (including phenoxy) is 1. The maximum absolute atomic E-state index is 12.3. The molecule has 1 amide bonds. The third-order valence-electron chi connectivity index (χ3n) is 3.00. The van der Waals surface area contributed by atoms with Crippen LogP contribution in [0.4, 0.5) is 16.2 Å². The van der Waals surface area contributed by atoms with E-state index in [9.17, 15) is 18.0 Å². The fraction of sp³-hybridized carbons (Fsp3) is 0.0667. The fourth-order valence-electron chi connectivity index (χ4n) is 1.85. The Kier molecular flexibility index (Phi) is 5.05. The first-order chi connectivity index (χ1) is 11.3. The lowest BCUT2D eigenvalue weighted by atomic mass is 10.2. The van der Waals surface area contributed by atoms with E-state index in [0.717, 1.165) is 0 Å². The molecule has 0 saturated heterocycles. The average Bonchev–Trinajstić information content (AvgIpc) is 2.55. The van der Waals surface area contributed by atoms with Crippen LogP contribution < -0.4 is 10.0 Å². The van der Waals surface area contributed by atoms with E-state index in [1.807, 2.05) is 0 Å². The standard InChI is InChI=1S/C15H14N2O6S/c1-23-15(20)16-10-6-8-11(9-7-10)24(21,22)17-13-5-3-2-4-12(13)14(18)19/h2-9,17H,1H3,(H,16,20)(H,18,19). The number of sulfonamides is 1. The highest BCUT2D eigenvalue weighted by Gasteiger charge is 2.18. The Morgan fingerprint density at radius 3 is 2.25 bits per heavy atom. The molecule has 8 nitrogen and oxygen atoms in total. The van der Waals surface area contributed by atoms with Crippen LogP contribution in [-0.2, 0) is 14.8 Å². The monoisotopic (exact) mass is 350 g/mol. The zero-order valence-corrected chi connectivity index (χ0v) is 13.3. The number of carboxylic acids is 1. The Hall–Kier alpha value is -3.07. The molecule has 0 aliphatic carbocycles. The zero-order chi connectivity index (χ0) is 17.7. The molecule has 0 heterocycles. The number of rotatable bonds is 5. The minimum atomic E-state index is -3.98. The molecule has 2 rings (SSSR count). The number of methoxy groups -OCH3 is 1. The molecule has 0 aromatic heterocycles. The van der Waals surface area contributed by atoms with E-state index >= 15 is 0 Å². The molecule has 0 spiro atoms. The van der Waals surface area contributed by atoms with Crippen molar-refractivity contribution in [2.45, 2.75) is 4.90 Å². The molecule has 24 heavy (non-hydrogen) atoms. The van der Waals surface area contributed by atoms with Gasteiger partial charge in [0.2, 0.25) is 0 Å². The number of carbonyl (C=O) groups is 2. The normalized spacial score (nSPS) is 10.7. The number of benzene rings is 2. The number of para-hydroxylation sites is 1. The highest BCUT2D eigenvalue weighted by atomic mass is 32.2. The summed E-state index contributed by atoms with van der Waals surface area (Å²) in [5.74, 6) is -1.24. The van der Waals surface area contributed by atoms with Gasteiger partial charge in [0.25, 0.3) is 10.0 Å². The summed E-state index contributed by atoms with van der Waals surface area (Å²) in [6.45, 7) is 0. The van der Waals surface area contributed by atoms with Crippen molar-refractivity contribution < 1.29 is 27.9 Å². The number of carboxylic acid groups (broad SMARTS) is 1. The Labute approximate surface area is 138 Å². The van der Waals surface area contributed by atoms with Gasteiger partial charge in [-0.05, 0) is 36.4 Å². The minimum absolute atomic E-state index is 0.0400. The van der Waals surface area contributed by atoms with Crippen molar-refractivity contribution in [1.29, 1.82) is 0 Å². The number of amides is 1. The summed E-state index contributed by atoms with van der Waals surface area (Å²) >= 11 is 0. The molecule has 0 atom stereocenters. The van der Waals surface area contributed by atoms with E-state index in [-0.39, 0.29) is 16.1 Å². The third-order valence-corrected chi connectivity index (χ3v) is 4.38. The minimum Gasteiger partial charge on any atom is -0.478 e. The number of nitrogens with one attached hydrogen (secondary N) is 2. The first kappa shape index (κ1) is 17.3. The summed E-state index contributed by atoms with van der Waals surface area (Å²) in [6, 6.07) is 11.0. The first-order valence-corrected chi connectivity index (χ1v) is 8.12. The van der Waals surface area contributed by atoms with Crippen molar-refractivity contribution in [2.24, 2.45) is 0 Å². The molecule has 3 N–H and O–H groups in total. The van der Waals surface area contributed by atoms with Crippen molar-refractivity contribution in [1.82, 2.24) is 0 Å². The molecule has 0 bridgehead atoms. The van der Waals surface area contributed by atoms with Crippen molar-refractivity contribution >= 4 is 33.5 Å². The van der Waals surface area contributed by atoms with Crippen molar-refractivity contribution in [3.8, 4) is 0 Å². The van der Waals surface area contributed by atoms with Gasteiger partial charge < -0.3 is 9.84 Å². The molecule has 0 unspecified atom stereocenters. The SMILES string of the molecule is COC(=O)Nc1ccc(S(=O)(=O)Nc2ccccc2C(=O)O)cc1. The Morgan fingerprint density at radius 1 is 1.04 bits per heavy atom. The summed E-state index contributed by atoms with van der Waals surface area (Å²) in [4.78, 5) is 22.1. The largest absolute Gasteiger partial charge is 0.478 e. The maximum Gasteiger partial charge on any atom is 0.411 e. The lowest BCUT2D eigenvalue weighted by Gasteiger charge is -2.11. The van der Waals surface area contributed by atoms with Gasteiger partial charge in [-0.25, -0.2) is 18.0 Å². The summed E-state index contributed by atoms with van der Waals surface area (Å²) in [6.07, 6.45) is -0.681. The van der Waals surface area contributed by atoms with Crippen molar-refractivity contribution in [2.75, 3.05) is 17.1 Å². The molecular weight excluding hydrogens is 336 g/mol. The molecule has 9 heteroatoms. The summed E-state index contributed by atoms with van der Waals surface area (Å²) in [5, 5.41) is 11.5. The molecule has 2 aromatic carbocycles. The lowest BCUT2D eigenvalue weighted by molar-refractivity contribution is 0.0698. The van der Waals surface area contributed by atoms with Gasteiger partial charge in [0.1, 0.15) is 0 Å². The van der Waals surface area contributed by atoms with Crippen LogP contribution in [0.1, 0.15) is 10.4 Å². The van der Waals surface area contributed by atoms with Gasteiger partial charge in [0.05, 0.1) is 23.3 Å². The average molecular weight is 350 g/mol. The number of hydrogen-bond acceptors (Lipinski definition) is 5. The van der Waals surface area contributed by atoms with Gasteiger partial charge in [-0.2, -0.15) is 0 Å². The number of hydrogen-bond donors (Lipinski definition) is 3. The van der Waals surface area contributed by atoms with Crippen LogP contribution in [0.3, 0.4) is 0 Å². The van der Waals surface area contributed by atoms with Crippen LogP contribution in [0.15, 0.2) is 53.4 Å². The van der Waals surface area contributed by atoms with Gasteiger partial charge in [-0.1, -0.05) is 12.1 Å². The van der Waals surface area contributed by atoms with Crippen LogP contribution in [-0.4, -0.2) is 32.7 Å². The third kappa shape index (κ3) is 4.02. The molecule has 0 fully saturated rings. The van der Waals surface area contributed by atoms with Crippen LogP contribution in [0, 0.1) is 0 Å². The Balaban J connectivity index is 2.25. The van der Waals surface area contributed by atoms with Crippen LogP contribution in [0.5, 0.6) is 0 Å². The lowest BCUT2D eigenvalue weighted by Crippen LogP contribution is -2.16. The molecule has 0 saturated carbocycles. The van der Waals surface area contributed by atoms with E-state index < -0.39 is 22.1 Å². The van der Waals surface area contributed by atoms with E-state index in [1.54, 1.807) is 0 Å². The van der Waals surface area contributed by atoms with Gasteiger partial charge >= 0.3 is 12.1 Å². The second-order valence-electron chi connectivity index (χ2n) is 4.60. The number of aromatic carboxylic acids is 1. The van der Waals surface area contributed by atoms with Crippen molar-refractivity contribution in [3.63, 3.8) is 0 Å². The molecule has 126 valence electrons. The van der Waals surface area contributed by atoms with Crippen LogP contribution in [0.2, 0.25) is 0 Å². The van der Waals surface area contributed by atoms with Crippen LogP contribution in [0.25, 0.3) is 0 Å². The van der Waals surface area contributed by atoms with Crippen LogP contribution >= 0.6 is 0 Å². The summed E-state index contributed by atoms with van der Waals surface area (Å²) in [5.41, 5.74) is 0.151. The molecule has 0 radical (unpaired) electrons. The second kappa shape index (κ2) is 7.01. The Morgan fingerprint density at radius 2 is 1.67 bits per heavy atom. The van der Waals surface area contributed by atoms with Gasteiger partial charge in [-0.3, -0.25) is 10.0 Å². The number of carbonyl (C=O) groups excluding carboxylic acids is 1. The highest BCUT2D eigenvalue weighted by molar-refractivity contribution is 7.92. The fourth-order valence-corrected chi connectivity index (χ4v) is 2.93. The predicted octanol–water partition coefficient (Wildman–Crippen LogP) is 2.36. The van der Waals surface area contributed by atoms with Crippen molar-refractivity contribution in [3.05, 3.63) is 54.1 Å². The van der Waals surface area contributed by atoms with E-state index in [2.05, 4.69) is 14.8 Å². The van der Waals surface area contributed by atoms with E-state index in [0.29, 0.717) is 5.69 Å². The first-order valence-electron chi connectivity index (χ1n) is 6.63. The maximum atomic E-state index is 12.3. The van der Waals surface area contributed by atoms with Gasteiger partial charge in [0, 0.05) is 5.69 Å². The van der Waals surface area contributed by atoms with E-state index in [4.69, 9.17) is 5.11 Å². The highest BCUT2D eigenvalue weighted by Crippen LogP contribution is 2.21. The predicted molar refractivity (Wildman–Crippen MR) is 86.7 cm³/mol. The second-order valence-corrected chi connectivity index (χ2v) is 6.28. The van der Waals surface area contributed by atoms with Gasteiger partial charge in [0.15, 0.2) is 0 Å². The Bertz CT molecular complexity index is 862. The van der Waals surface area contributed by atoms with Gasteiger partial charge in [-0.15, -0.1) is 0 Å². The molecule has 0 aliphatic rings. The molecule has 0 aliphatic heterocycles.